The monoisotopic (exact) mass is 188 g/mol. The van der Waals surface area contributed by atoms with E-state index in [1.165, 1.54) is 0 Å². The van der Waals surface area contributed by atoms with Crippen LogP contribution >= 0.6 is 0 Å². The zero-order chi connectivity index (χ0) is 10.6. The van der Waals surface area contributed by atoms with Crippen LogP contribution < -0.4 is 5.32 Å². The second-order valence-electron chi connectivity index (χ2n) is 3.16. The maximum atomic E-state index is 11.5. The summed E-state index contributed by atoms with van der Waals surface area (Å²) in [5.41, 5.74) is 2.60. The van der Waals surface area contributed by atoms with Crippen molar-refractivity contribution in [3.63, 3.8) is 0 Å². The molecular weight excluding hydrogens is 176 g/mol. The zero-order valence-electron chi connectivity index (χ0n) is 8.29. The van der Waals surface area contributed by atoms with Crippen molar-refractivity contribution in [1.82, 2.24) is 5.32 Å². The van der Waals surface area contributed by atoms with Gasteiger partial charge < -0.3 is 5.32 Å². The van der Waals surface area contributed by atoms with E-state index in [0.717, 1.165) is 11.1 Å². The van der Waals surface area contributed by atoms with E-state index >= 15 is 0 Å². The molecule has 0 spiro atoms. The molecule has 0 bridgehead atoms. The van der Waals surface area contributed by atoms with Gasteiger partial charge in [-0.1, -0.05) is 17.7 Å². The summed E-state index contributed by atoms with van der Waals surface area (Å²) in [5.74, 6) is -0.187. The molecule has 0 atom stereocenters. The number of nitrogens with one attached hydrogen (secondary N) is 1. The average Bonchev–Trinajstić information content (AvgIpc) is 2.18. The third kappa shape index (κ3) is 2.33. The summed E-state index contributed by atoms with van der Waals surface area (Å²) in [6.07, 6.45) is 0. The molecule has 3 heteroatoms. The van der Waals surface area contributed by atoms with Gasteiger partial charge in [-0.25, -0.2) is 0 Å². The van der Waals surface area contributed by atoms with Crippen LogP contribution in [0.2, 0.25) is 0 Å². The highest BCUT2D eigenvalue weighted by Crippen LogP contribution is 2.09. The molecule has 0 aliphatic heterocycles. The Labute approximate surface area is 83.4 Å². The van der Waals surface area contributed by atoms with Crippen LogP contribution in [0.1, 0.15) is 21.5 Å². The van der Waals surface area contributed by atoms with Crippen LogP contribution in [0.25, 0.3) is 0 Å². The summed E-state index contributed by atoms with van der Waals surface area (Å²) >= 11 is 0. The third-order valence-electron chi connectivity index (χ3n) is 1.97. The number of carbonyl (C=O) groups is 1. The zero-order valence-corrected chi connectivity index (χ0v) is 8.29. The van der Waals surface area contributed by atoms with E-state index in [9.17, 15) is 4.79 Å². The molecule has 0 saturated heterocycles. The molecule has 72 valence electrons. The highest BCUT2D eigenvalue weighted by molar-refractivity contribution is 5.95. The summed E-state index contributed by atoms with van der Waals surface area (Å²) in [6, 6.07) is 7.55. The van der Waals surface area contributed by atoms with Crippen molar-refractivity contribution < 1.29 is 4.79 Å². The molecule has 1 amide bonds. The number of aryl methyl sites for hydroxylation is 2. The van der Waals surface area contributed by atoms with Crippen LogP contribution in [0.15, 0.2) is 18.2 Å². The Morgan fingerprint density at radius 3 is 2.86 bits per heavy atom. The first-order valence-electron chi connectivity index (χ1n) is 4.37. The predicted octanol–water partition coefficient (Wildman–Crippen LogP) is 1.56. The highest BCUT2D eigenvalue weighted by atomic mass is 16.1. The van der Waals surface area contributed by atoms with Crippen LogP contribution in [0, 0.1) is 25.2 Å². The molecular formula is C11H12N2O. The molecule has 0 aliphatic rings. The van der Waals surface area contributed by atoms with E-state index in [4.69, 9.17) is 5.26 Å². The number of nitriles is 1. The fraction of sp³-hybridized carbons (Fsp3) is 0.273. The molecule has 14 heavy (non-hydrogen) atoms. The second kappa shape index (κ2) is 4.43. The van der Waals surface area contributed by atoms with Crippen LogP contribution in [0.3, 0.4) is 0 Å². The van der Waals surface area contributed by atoms with Crippen molar-refractivity contribution >= 4 is 5.91 Å². The molecule has 1 aromatic rings. The quantitative estimate of drug-likeness (QED) is 0.716. The van der Waals surface area contributed by atoms with Gasteiger partial charge >= 0.3 is 0 Å². The summed E-state index contributed by atoms with van der Waals surface area (Å²) in [4.78, 5) is 11.5. The van der Waals surface area contributed by atoms with E-state index in [2.05, 4.69) is 5.32 Å². The largest absolute Gasteiger partial charge is 0.339 e. The van der Waals surface area contributed by atoms with Gasteiger partial charge in [0.15, 0.2) is 0 Å². The number of carbonyl (C=O) groups excluding carboxylic acids is 1. The molecule has 0 fully saturated rings. The van der Waals surface area contributed by atoms with Gasteiger partial charge in [-0.3, -0.25) is 4.79 Å². The van der Waals surface area contributed by atoms with Crippen LogP contribution in [0.4, 0.5) is 0 Å². The van der Waals surface area contributed by atoms with E-state index in [-0.39, 0.29) is 12.5 Å². The van der Waals surface area contributed by atoms with Gasteiger partial charge in [-0.2, -0.15) is 5.26 Å². The number of rotatable bonds is 2. The Hall–Kier alpha value is -1.82. The van der Waals surface area contributed by atoms with E-state index in [1.807, 2.05) is 38.1 Å². The number of hydrogen-bond acceptors (Lipinski definition) is 2. The number of nitrogens with zero attached hydrogens (tertiary/aromatic N) is 1. The maximum Gasteiger partial charge on any atom is 0.252 e. The van der Waals surface area contributed by atoms with Crippen molar-refractivity contribution in [2.24, 2.45) is 0 Å². The molecule has 1 rings (SSSR count). The molecule has 0 heterocycles. The molecule has 0 unspecified atom stereocenters. The van der Waals surface area contributed by atoms with Crippen molar-refractivity contribution in [3.05, 3.63) is 34.9 Å². The van der Waals surface area contributed by atoms with Gasteiger partial charge in [-0.15, -0.1) is 0 Å². The first-order valence-corrected chi connectivity index (χ1v) is 4.37. The van der Waals surface area contributed by atoms with Gasteiger partial charge in [0.05, 0.1) is 6.07 Å². The van der Waals surface area contributed by atoms with Gasteiger partial charge in [0.25, 0.3) is 5.91 Å². The van der Waals surface area contributed by atoms with Crippen molar-refractivity contribution in [2.75, 3.05) is 6.54 Å². The van der Waals surface area contributed by atoms with Gasteiger partial charge in [0.1, 0.15) is 6.54 Å². The Kier molecular flexibility index (Phi) is 3.24. The normalized spacial score (nSPS) is 9.21. The van der Waals surface area contributed by atoms with Gasteiger partial charge in [0.2, 0.25) is 0 Å². The Bertz CT molecular complexity index is 391. The molecule has 1 aromatic carbocycles. The minimum atomic E-state index is -0.187. The van der Waals surface area contributed by atoms with Crippen LogP contribution in [-0.2, 0) is 0 Å². The lowest BCUT2D eigenvalue weighted by Gasteiger charge is -2.05. The molecule has 0 radical (unpaired) electrons. The van der Waals surface area contributed by atoms with Crippen molar-refractivity contribution in [3.8, 4) is 6.07 Å². The van der Waals surface area contributed by atoms with E-state index in [1.54, 1.807) is 0 Å². The Balaban J connectivity index is 2.90. The summed E-state index contributed by atoms with van der Waals surface area (Å²) < 4.78 is 0. The third-order valence-corrected chi connectivity index (χ3v) is 1.97. The average molecular weight is 188 g/mol. The number of amides is 1. The van der Waals surface area contributed by atoms with Gasteiger partial charge in [-0.05, 0) is 25.5 Å². The topological polar surface area (TPSA) is 52.9 Å². The molecule has 3 nitrogen and oxygen atoms in total. The molecule has 1 N–H and O–H groups in total. The Morgan fingerprint density at radius 1 is 1.50 bits per heavy atom. The molecule has 0 saturated carbocycles. The second-order valence-corrected chi connectivity index (χ2v) is 3.16. The lowest BCUT2D eigenvalue weighted by molar-refractivity contribution is 0.0958. The first kappa shape index (κ1) is 10.3. The van der Waals surface area contributed by atoms with E-state index < -0.39 is 0 Å². The summed E-state index contributed by atoms with van der Waals surface area (Å²) in [7, 11) is 0. The molecule has 0 aromatic heterocycles. The summed E-state index contributed by atoms with van der Waals surface area (Å²) in [5, 5.41) is 10.8. The predicted molar refractivity (Wildman–Crippen MR) is 53.9 cm³/mol. The lowest BCUT2D eigenvalue weighted by atomic mass is 10.1. The van der Waals surface area contributed by atoms with Crippen LogP contribution in [0.5, 0.6) is 0 Å². The fourth-order valence-electron chi connectivity index (χ4n) is 1.20. The number of benzene rings is 1. The van der Waals surface area contributed by atoms with Crippen LogP contribution in [-0.4, -0.2) is 12.5 Å². The fourth-order valence-corrected chi connectivity index (χ4v) is 1.20. The lowest BCUT2D eigenvalue weighted by Crippen LogP contribution is -2.24. The Morgan fingerprint density at radius 2 is 2.21 bits per heavy atom. The maximum absolute atomic E-state index is 11.5. The standard InChI is InChI=1S/C11H12N2O/c1-8-3-4-9(2)10(7-8)11(14)13-6-5-12/h3-4,7H,6H2,1-2H3,(H,13,14). The van der Waals surface area contributed by atoms with E-state index in [0.29, 0.717) is 5.56 Å². The smallest absolute Gasteiger partial charge is 0.252 e. The highest BCUT2D eigenvalue weighted by Gasteiger charge is 2.07. The summed E-state index contributed by atoms with van der Waals surface area (Å²) in [6.45, 7) is 3.85. The number of hydrogen-bond donors (Lipinski definition) is 1. The SMILES string of the molecule is Cc1ccc(C)c(C(=O)NCC#N)c1. The van der Waals surface area contributed by atoms with Crippen molar-refractivity contribution in [1.29, 1.82) is 5.26 Å². The van der Waals surface area contributed by atoms with Crippen molar-refractivity contribution in [2.45, 2.75) is 13.8 Å². The molecule has 0 aliphatic carbocycles. The first-order chi connectivity index (χ1) is 6.65. The minimum Gasteiger partial charge on any atom is -0.339 e. The van der Waals surface area contributed by atoms with Gasteiger partial charge in [0, 0.05) is 5.56 Å². The minimum absolute atomic E-state index is 0.0478.